The number of carbonyl (C=O) groups excluding carboxylic acids is 1. The van der Waals surface area contributed by atoms with Gasteiger partial charge in [-0.15, -0.1) is 0 Å². The van der Waals surface area contributed by atoms with Crippen LogP contribution in [0.3, 0.4) is 0 Å². The molecule has 2 N–H and O–H groups in total. The molecule has 1 amide bonds. The molecule has 0 unspecified atom stereocenters. The van der Waals surface area contributed by atoms with E-state index in [2.05, 4.69) is 42.8 Å². The summed E-state index contributed by atoms with van der Waals surface area (Å²) in [6.45, 7) is 8.10. The fraction of sp³-hybridized carbons (Fsp3) is 0.438. The summed E-state index contributed by atoms with van der Waals surface area (Å²) in [6, 6.07) is 5.37. The van der Waals surface area contributed by atoms with E-state index in [0.717, 1.165) is 17.4 Å². The highest BCUT2D eigenvalue weighted by atomic mass is 79.9. The first-order valence-electron chi connectivity index (χ1n) is 6.83. The minimum Gasteiger partial charge on any atom is -0.398 e. The molecule has 1 aromatic carbocycles. The summed E-state index contributed by atoms with van der Waals surface area (Å²) in [4.78, 5) is 14.3. The summed E-state index contributed by atoms with van der Waals surface area (Å²) in [7, 11) is 0. The van der Waals surface area contributed by atoms with Gasteiger partial charge in [-0.3, -0.25) is 4.79 Å². The van der Waals surface area contributed by atoms with Gasteiger partial charge in [0.2, 0.25) is 0 Å². The Morgan fingerprint density at radius 2 is 2.05 bits per heavy atom. The van der Waals surface area contributed by atoms with E-state index in [1.165, 1.54) is 5.57 Å². The maximum atomic E-state index is 12.4. The SMILES string of the molecule is CC(C)(C)C1=CCN(C(=O)c2ccc(Br)c(N)c2)CC1. The lowest BCUT2D eigenvalue weighted by molar-refractivity contribution is 0.0765. The topological polar surface area (TPSA) is 46.3 Å². The van der Waals surface area contributed by atoms with Crippen LogP contribution in [0.1, 0.15) is 37.6 Å². The third-order valence-electron chi connectivity index (χ3n) is 3.70. The van der Waals surface area contributed by atoms with Gasteiger partial charge in [-0.2, -0.15) is 0 Å². The molecule has 20 heavy (non-hydrogen) atoms. The van der Waals surface area contributed by atoms with Crippen LogP contribution in [0.2, 0.25) is 0 Å². The molecule has 1 aliphatic heterocycles. The minimum atomic E-state index is 0.0495. The van der Waals surface area contributed by atoms with E-state index in [1.54, 1.807) is 6.07 Å². The first-order valence-corrected chi connectivity index (χ1v) is 7.62. The van der Waals surface area contributed by atoms with Crippen molar-refractivity contribution in [2.24, 2.45) is 5.41 Å². The highest BCUT2D eigenvalue weighted by Crippen LogP contribution is 2.30. The quantitative estimate of drug-likeness (QED) is 0.625. The van der Waals surface area contributed by atoms with Gasteiger partial charge in [0.15, 0.2) is 0 Å². The lowest BCUT2D eigenvalue weighted by atomic mass is 9.83. The molecule has 1 aromatic rings. The van der Waals surface area contributed by atoms with E-state index < -0.39 is 0 Å². The molecule has 0 saturated carbocycles. The van der Waals surface area contributed by atoms with Crippen molar-refractivity contribution < 1.29 is 4.79 Å². The minimum absolute atomic E-state index is 0.0495. The molecular weight excluding hydrogens is 316 g/mol. The van der Waals surface area contributed by atoms with E-state index >= 15 is 0 Å². The predicted molar refractivity (Wildman–Crippen MR) is 86.6 cm³/mol. The van der Waals surface area contributed by atoms with Gasteiger partial charge in [0.25, 0.3) is 5.91 Å². The average molecular weight is 337 g/mol. The van der Waals surface area contributed by atoms with Crippen LogP contribution in [-0.2, 0) is 0 Å². The third-order valence-corrected chi connectivity index (χ3v) is 4.42. The second-order valence-corrected chi connectivity index (χ2v) is 7.07. The molecule has 0 radical (unpaired) electrons. The van der Waals surface area contributed by atoms with Crippen molar-refractivity contribution in [3.8, 4) is 0 Å². The standard InChI is InChI=1S/C16H21BrN2O/c1-16(2,3)12-6-8-19(9-7-12)15(20)11-4-5-13(17)14(18)10-11/h4-6,10H,7-9,18H2,1-3H3. The Balaban J connectivity index is 2.12. The summed E-state index contributed by atoms with van der Waals surface area (Å²) < 4.78 is 0.822. The van der Waals surface area contributed by atoms with Crippen molar-refractivity contribution in [2.75, 3.05) is 18.8 Å². The monoisotopic (exact) mass is 336 g/mol. The zero-order valence-electron chi connectivity index (χ0n) is 12.2. The van der Waals surface area contributed by atoms with E-state index in [4.69, 9.17) is 5.73 Å². The second kappa shape index (κ2) is 5.60. The van der Waals surface area contributed by atoms with E-state index in [1.807, 2.05) is 17.0 Å². The predicted octanol–water partition coefficient (Wildman–Crippen LogP) is 3.85. The van der Waals surface area contributed by atoms with Crippen LogP contribution in [-0.4, -0.2) is 23.9 Å². The normalized spacial score (nSPS) is 16.0. The number of carbonyl (C=O) groups is 1. The first-order chi connectivity index (χ1) is 9.29. The molecule has 0 atom stereocenters. The molecule has 0 spiro atoms. The molecule has 4 heteroatoms. The fourth-order valence-corrected chi connectivity index (χ4v) is 2.64. The second-order valence-electron chi connectivity index (χ2n) is 6.22. The zero-order chi connectivity index (χ0) is 14.9. The number of nitrogens with two attached hydrogens (primary N) is 1. The molecular formula is C16H21BrN2O. The molecule has 108 valence electrons. The van der Waals surface area contributed by atoms with Crippen LogP contribution in [0.15, 0.2) is 34.3 Å². The van der Waals surface area contributed by atoms with Crippen molar-refractivity contribution in [3.63, 3.8) is 0 Å². The van der Waals surface area contributed by atoms with Crippen molar-refractivity contribution in [1.82, 2.24) is 4.90 Å². The van der Waals surface area contributed by atoms with E-state index in [9.17, 15) is 4.79 Å². The number of hydrogen-bond acceptors (Lipinski definition) is 2. The molecule has 0 saturated heterocycles. The fourth-order valence-electron chi connectivity index (χ4n) is 2.39. The number of benzene rings is 1. The number of nitrogen functional groups attached to an aromatic ring is 1. The van der Waals surface area contributed by atoms with Gasteiger partial charge in [0, 0.05) is 28.8 Å². The van der Waals surface area contributed by atoms with Crippen LogP contribution >= 0.6 is 15.9 Å². The Bertz CT molecular complexity index is 558. The molecule has 2 rings (SSSR count). The Hall–Kier alpha value is -1.29. The molecule has 0 fully saturated rings. The summed E-state index contributed by atoms with van der Waals surface area (Å²) in [5, 5.41) is 0. The number of rotatable bonds is 1. The molecule has 1 aliphatic rings. The Morgan fingerprint density at radius 3 is 2.55 bits per heavy atom. The molecule has 0 bridgehead atoms. The molecule has 1 heterocycles. The number of anilines is 1. The largest absolute Gasteiger partial charge is 0.398 e. The van der Waals surface area contributed by atoms with Gasteiger partial charge in [-0.05, 0) is 46.0 Å². The number of nitrogens with zero attached hydrogens (tertiary/aromatic N) is 1. The number of hydrogen-bond donors (Lipinski definition) is 1. The van der Waals surface area contributed by atoms with Gasteiger partial charge >= 0.3 is 0 Å². The third kappa shape index (κ3) is 3.23. The Kier molecular flexibility index (Phi) is 4.23. The first kappa shape index (κ1) is 15.1. The summed E-state index contributed by atoms with van der Waals surface area (Å²) in [6.07, 6.45) is 3.13. The van der Waals surface area contributed by atoms with E-state index in [0.29, 0.717) is 17.8 Å². The summed E-state index contributed by atoms with van der Waals surface area (Å²) in [5.41, 5.74) is 8.70. The summed E-state index contributed by atoms with van der Waals surface area (Å²) >= 11 is 3.34. The smallest absolute Gasteiger partial charge is 0.254 e. The van der Waals surface area contributed by atoms with Crippen molar-refractivity contribution in [3.05, 3.63) is 39.9 Å². The van der Waals surface area contributed by atoms with Crippen molar-refractivity contribution in [2.45, 2.75) is 27.2 Å². The van der Waals surface area contributed by atoms with Crippen LogP contribution in [0.4, 0.5) is 5.69 Å². The zero-order valence-corrected chi connectivity index (χ0v) is 13.8. The van der Waals surface area contributed by atoms with Gasteiger partial charge in [-0.1, -0.05) is 32.4 Å². The van der Waals surface area contributed by atoms with Crippen LogP contribution < -0.4 is 5.73 Å². The van der Waals surface area contributed by atoms with Crippen LogP contribution in [0.5, 0.6) is 0 Å². The maximum Gasteiger partial charge on any atom is 0.254 e. The number of halogens is 1. The molecule has 0 aromatic heterocycles. The van der Waals surface area contributed by atoms with Crippen molar-refractivity contribution in [1.29, 1.82) is 0 Å². The highest BCUT2D eigenvalue weighted by Gasteiger charge is 2.24. The Labute approximate surface area is 129 Å². The summed E-state index contributed by atoms with van der Waals surface area (Å²) in [5.74, 6) is 0.0495. The van der Waals surface area contributed by atoms with Gasteiger partial charge < -0.3 is 10.6 Å². The highest BCUT2D eigenvalue weighted by molar-refractivity contribution is 9.10. The van der Waals surface area contributed by atoms with Crippen LogP contribution in [0.25, 0.3) is 0 Å². The maximum absolute atomic E-state index is 12.4. The van der Waals surface area contributed by atoms with Gasteiger partial charge in [0.1, 0.15) is 0 Å². The molecule has 0 aliphatic carbocycles. The van der Waals surface area contributed by atoms with E-state index in [-0.39, 0.29) is 11.3 Å². The van der Waals surface area contributed by atoms with Gasteiger partial charge in [0.05, 0.1) is 0 Å². The lowest BCUT2D eigenvalue weighted by Crippen LogP contribution is -2.36. The van der Waals surface area contributed by atoms with Crippen LogP contribution in [0, 0.1) is 5.41 Å². The molecule has 3 nitrogen and oxygen atoms in total. The number of amides is 1. The van der Waals surface area contributed by atoms with Gasteiger partial charge in [-0.25, -0.2) is 0 Å². The average Bonchev–Trinajstić information content (AvgIpc) is 2.40. The Morgan fingerprint density at radius 1 is 1.35 bits per heavy atom. The lowest BCUT2D eigenvalue weighted by Gasteiger charge is -2.32. The van der Waals surface area contributed by atoms with Crippen molar-refractivity contribution >= 4 is 27.5 Å².